The van der Waals surface area contributed by atoms with Gasteiger partial charge in [0.1, 0.15) is 0 Å². The topological polar surface area (TPSA) is 110 Å². The molecule has 0 bridgehead atoms. The molecule has 0 radical (unpaired) electrons. The Morgan fingerprint density at radius 2 is 2.08 bits per heavy atom. The second kappa shape index (κ2) is 10.7. The number of amidine groups is 1. The Balaban J connectivity index is 1.35. The van der Waals surface area contributed by atoms with E-state index in [1.54, 1.807) is 37.3 Å². The Kier molecular flexibility index (Phi) is 7.25. The van der Waals surface area contributed by atoms with E-state index < -0.39 is 5.97 Å². The lowest BCUT2D eigenvalue weighted by atomic mass is 9.85. The number of esters is 1. The van der Waals surface area contributed by atoms with Gasteiger partial charge in [0, 0.05) is 23.2 Å². The fraction of sp³-hybridized carbons (Fsp3) is 0.222. The average Bonchev–Trinajstić information content (AvgIpc) is 3.18. The van der Waals surface area contributed by atoms with Crippen molar-refractivity contribution in [2.24, 2.45) is 10.9 Å². The van der Waals surface area contributed by atoms with Crippen LogP contribution in [0.3, 0.4) is 0 Å². The van der Waals surface area contributed by atoms with E-state index in [-0.39, 0.29) is 24.3 Å². The fourth-order valence-electron chi connectivity index (χ4n) is 3.90. The zero-order valence-corrected chi connectivity index (χ0v) is 21.5. The number of thioether (sulfide) groups is 1. The first-order chi connectivity index (χ1) is 17.9. The van der Waals surface area contributed by atoms with Crippen LogP contribution in [-0.2, 0) is 14.3 Å². The van der Waals surface area contributed by atoms with Gasteiger partial charge in [0.05, 0.1) is 33.3 Å². The van der Waals surface area contributed by atoms with E-state index in [2.05, 4.69) is 20.6 Å². The van der Waals surface area contributed by atoms with Gasteiger partial charge < -0.3 is 15.4 Å². The van der Waals surface area contributed by atoms with Gasteiger partial charge in [-0.1, -0.05) is 24.1 Å². The molecule has 0 atom stereocenters. The van der Waals surface area contributed by atoms with Gasteiger partial charge >= 0.3 is 5.97 Å². The maximum Gasteiger partial charge on any atom is 0.339 e. The highest BCUT2D eigenvalue weighted by molar-refractivity contribution is 8.18. The predicted molar refractivity (Wildman–Crippen MR) is 146 cm³/mol. The highest BCUT2D eigenvalue weighted by Crippen LogP contribution is 2.34. The number of nitrogens with one attached hydrogen (secondary N) is 2. The molecular weight excluding hydrogens is 512 g/mol. The molecule has 37 heavy (non-hydrogen) atoms. The number of nitrogens with zero attached hydrogens (tertiary/aromatic N) is 2. The second-order valence-corrected chi connectivity index (χ2v) is 10.1. The van der Waals surface area contributed by atoms with Gasteiger partial charge in [0.2, 0.25) is 5.91 Å². The third kappa shape index (κ3) is 5.68. The number of amides is 2. The Bertz CT molecular complexity index is 1480. The molecule has 1 aliphatic carbocycles. The summed E-state index contributed by atoms with van der Waals surface area (Å²) in [5.41, 5.74) is 2.91. The minimum atomic E-state index is -0.433. The molecule has 8 nitrogen and oxygen atoms in total. The average molecular weight is 535 g/mol. The minimum absolute atomic E-state index is 0.000834. The van der Waals surface area contributed by atoms with E-state index in [1.165, 1.54) is 18.0 Å². The number of benzene rings is 2. The van der Waals surface area contributed by atoms with Gasteiger partial charge in [-0.05, 0) is 79.6 Å². The summed E-state index contributed by atoms with van der Waals surface area (Å²) in [4.78, 5) is 46.2. The SMILES string of the molecule is CCOC(=O)c1cnc2ccc(/C=C3\SC(=Nc4cc(NC(=O)C5CCC5)ccc4Cl)NC3=O)cc2c1. The number of hydrogen-bond donors (Lipinski definition) is 2. The van der Waals surface area contributed by atoms with Gasteiger partial charge in [0.25, 0.3) is 5.91 Å². The number of hydrogen-bond acceptors (Lipinski definition) is 7. The maximum atomic E-state index is 12.6. The molecule has 1 aliphatic heterocycles. The smallest absolute Gasteiger partial charge is 0.339 e. The maximum absolute atomic E-state index is 12.6. The summed E-state index contributed by atoms with van der Waals surface area (Å²) >= 11 is 7.52. The first kappa shape index (κ1) is 25.0. The standard InChI is InChI=1S/C27H23ClN4O4S/c1-2-36-26(35)18-12-17-10-15(6-9-21(17)29-14-18)11-23-25(34)32-27(37-23)31-22-13-19(7-8-20(22)28)30-24(33)16-4-3-5-16/h6-14,16H,2-5H2,1H3,(H,30,33)(H,31,32,34)/b23-11-. The van der Waals surface area contributed by atoms with Crippen LogP contribution in [0, 0.1) is 5.92 Å². The molecule has 2 N–H and O–H groups in total. The Morgan fingerprint density at radius 3 is 2.84 bits per heavy atom. The van der Waals surface area contributed by atoms with Crippen LogP contribution in [-0.4, -0.2) is 34.5 Å². The predicted octanol–water partition coefficient (Wildman–Crippen LogP) is 5.70. The van der Waals surface area contributed by atoms with E-state index in [1.807, 2.05) is 18.2 Å². The van der Waals surface area contributed by atoms with Gasteiger partial charge in [-0.15, -0.1) is 0 Å². The van der Waals surface area contributed by atoms with Crippen LogP contribution in [0.15, 0.2) is 58.6 Å². The number of rotatable bonds is 6. The van der Waals surface area contributed by atoms with Crippen LogP contribution in [0.25, 0.3) is 17.0 Å². The van der Waals surface area contributed by atoms with Gasteiger partial charge in [-0.2, -0.15) is 0 Å². The zero-order chi connectivity index (χ0) is 25.9. The van der Waals surface area contributed by atoms with Crippen molar-refractivity contribution in [1.29, 1.82) is 0 Å². The summed E-state index contributed by atoms with van der Waals surface area (Å²) in [6, 6.07) is 12.3. The van der Waals surface area contributed by atoms with Crippen LogP contribution >= 0.6 is 23.4 Å². The molecule has 2 heterocycles. The van der Waals surface area contributed by atoms with Crippen molar-refractivity contribution < 1.29 is 19.1 Å². The molecule has 1 saturated heterocycles. The molecule has 2 aromatic carbocycles. The molecule has 2 amide bonds. The second-order valence-electron chi connectivity index (χ2n) is 8.66. The summed E-state index contributed by atoms with van der Waals surface area (Å²) < 4.78 is 5.05. The lowest BCUT2D eigenvalue weighted by Gasteiger charge is -2.24. The summed E-state index contributed by atoms with van der Waals surface area (Å²) in [6.07, 6.45) is 6.13. The number of pyridine rings is 1. The largest absolute Gasteiger partial charge is 0.462 e. The van der Waals surface area contributed by atoms with Crippen molar-refractivity contribution in [3.05, 3.63) is 69.7 Å². The van der Waals surface area contributed by atoms with Crippen LogP contribution in [0.2, 0.25) is 5.02 Å². The molecule has 3 aromatic rings. The molecule has 188 valence electrons. The van der Waals surface area contributed by atoms with E-state index in [0.29, 0.717) is 32.0 Å². The van der Waals surface area contributed by atoms with Crippen molar-refractivity contribution in [3.8, 4) is 0 Å². The van der Waals surface area contributed by atoms with E-state index in [4.69, 9.17) is 16.3 Å². The summed E-state index contributed by atoms with van der Waals surface area (Å²) in [5.74, 6) is -0.656. The van der Waals surface area contributed by atoms with E-state index in [9.17, 15) is 14.4 Å². The van der Waals surface area contributed by atoms with Gasteiger partial charge in [0.15, 0.2) is 5.17 Å². The number of aliphatic imine (C=N–C) groups is 1. The molecule has 0 spiro atoms. The molecule has 2 aliphatic rings. The Morgan fingerprint density at radius 1 is 1.24 bits per heavy atom. The number of carbonyl (C=O) groups is 3. The summed E-state index contributed by atoms with van der Waals surface area (Å²) in [5, 5.41) is 7.21. The quantitative estimate of drug-likeness (QED) is 0.310. The highest BCUT2D eigenvalue weighted by atomic mass is 35.5. The summed E-state index contributed by atoms with van der Waals surface area (Å²) in [6.45, 7) is 2.03. The van der Waals surface area contributed by atoms with E-state index in [0.717, 1.165) is 35.7 Å². The molecule has 2 fully saturated rings. The number of halogens is 1. The van der Waals surface area contributed by atoms with Crippen molar-refractivity contribution in [1.82, 2.24) is 10.3 Å². The molecule has 1 aromatic heterocycles. The Labute approximate surface area is 222 Å². The van der Waals surface area contributed by atoms with Crippen molar-refractivity contribution >= 4 is 74.7 Å². The van der Waals surface area contributed by atoms with Crippen LogP contribution in [0.1, 0.15) is 42.1 Å². The number of anilines is 1. The monoisotopic (exact) mass is 534 g/mol. The Hall–Kier alpha value is -3.69. The number of aromatic nitrogens is 1. The first-order valence-electron chi connectivity index (χ1n) is 11.9. The number of carbonyl (C=O) groups excluding carboxylic acids is 3. The third-order valence-electron chi connectivity index (χ3n) is 6.08. The number of fused-ring (bicyclic) bond motifs is 1. The minimum Gasteiger partial charge on any atom is -0.462 e. The first-order valence-corrected chi connectivity index (χ1v) is 13.1. The van der Waals surface area contributed by atoms with Crippen molar-refractivity contribution in [2.75, 3.05) is 11.9 Å². The summed E-state index contributed by atoms with van der Waals surface area (Å²) in [7, 11) is 0. The lowest BCUT2D eigenvalue weighted by molar-refractivity contribution is -0.122. The molecule has 1 saturated carbocycles. The zero-order valence-electron chi connectivity index (χ0n) is 19.9. The van der Waals surface area contributed by atoms with Gasteiger partial charge in [-0.25, -0.2) is 9.79 Å². The molecular formula is C27H23ClN4O4S. The highest BCUT2D eigenvalue weighted by Gasteiger charge is 2.26. The van der Waals surface area contributed by atoms with Crippen LogP contribution < -0.4 is 10.6 Å². The number of ether oxygens (including phenoxy) is 1. The molecule has 5 rings (SSSR count). The van der Waals surface area contributed by atoms with E-state index >= 15 is 0 Å². The lowest BCUT2D eigenvalue weighted by Crippen LogP contribution is -2.27. The fourth-order valence-corrected chi connectivity index (χ4v) is 4.89. The van der Waals surface area contributed by atoms with Crippen molar-refractivity contribution in [3.63, 3.8) is 0 Å². The van der Waals surface area contributed by atoms with Crippen LogP contribution in [0.4, 0.5) is 11.4 Å². The molecule has 0 unspecified atom stereocenters. The van der Waals surface area contributed by atoms with Gasteiger partial charge in [-0.3, -0.25) is 14.6 Å². The molecule has 10 heteroatoms. The van der Waals surface area contributed by atoms with Crippen molar-refractivity contribution in [2.45, 2.75) is 26.2 Å². The third-order valence-corrected chi connectivity index (χ3v) is 7.31. The van der Waals surface area contributed by atoms with Crippen LogP contribution in [0.5, 0.6) is 0 Å². The normalized spacial score (nSPS) is 17.6.